The van der Waals surface area contributed by atoms with Crippen LogP contribution in [-0.2, 0) is 17.8 Å². The molecule has 7 nitrogen and oxygen atoms in total. The molecule has 3 aromatic rings. The van der Waals surface area contributed by atoms with Gasteiger partial charge in [-0.25, -0.2) is 0 Å². The zero-order chi connectivity index (χ0) is 19.8. The quantitative estimate of drug-likeness (QED) is 0.579. The molecule has 1 unspecified atom stereocenters. The van der Waals surface area contributed by atoms with E-state index in [1.165, 1.54) is 0 Å². The average Bonchev–Trinajstić information content (AvgIpc) is 3.35. The number of nitrogens with one attached hydrogen (secondary N) is 2. The molecule has 144 valence electrons. The highest BCUT2D eigenvalue weighted by Gasteiger charge is 2.19. The van der Waals surface area contributed by atoms with Crippen molar-refractivity contribution in [2.75, 3.05) is 18.4 Å². The number of carbonyl (C=O) groups excluding carboxylic acids is 1. The summed E-state index contributed by atoms with van der Waals surface area (Å²) in [7, 11) is 0. The third-order valence-corrected chi connectivity index (χ3v) is 4.99. The molecule has 1 amide bonds. The van der Waals surface area contributed by atoms with Crippen LogP contribution < -0.4 is 10.2 Å². The number of rotatable bonds is 9. The summed E-state index contributed by atoms with van der Waals surface area (Å²) in [6.45, 7) is 3.72. The second-order valence-corrected chi connectivity index (χ2v) is 7.36. The lowest BCUT2D eigenvalue weighted by Gasteiger charge is -2.16. The number of benzene rings is 1. The van der Waals surface area contributed by atoms with Crippen molar-refractivity contribution in [3.05, 3.63) is 53.2 Å². The fourth-order valence-corrected chi connectivity index (χ4v) is 3.51. The molecule has 0 saturated heterocycles. The molecular formula is C20H22N5O2S+. The number of hydrogen-bond donors (Lipinski definition) is 2. The molecule has 0 aliphatic heterocycles. The van der Waals surface area contributed by atoms with E-state index >= 15 is 0 Å². The molecule has 2 N–H and O–H groups in total. The van der Waals surface area contributed by atoms with Gasteiger partial charge in [0.25, 0.3) is 17.7 Å². The van der Waals surface area contributed by atoms with Crippen molar-refractivity contribution >= 4 is 22.9 Å². The van der Waals surface area contributed by atoms with Crippen molar-refractivity contribution in [1.82, 2.24) is 10.2 Å². The van der Waals surface area contributed by atoms with Crippen LogP contribution in [0, 0.1) is 11.3 Å². The van der Waals surface area contributed by atoms with Crippen LogP contribution in [0.25, 0.3) is 10.8 Å². The maximum Gasteiger partial charge on any atom is 0.279 e. The second-order valence-electron chi connectivity index (χ2n) is 6.41. The molecule has 2 heterocycles. The predicted octanol–water partition coefficient (Wildman–Crippen LogP) is 2.30. The van der Waals surface area contributed by atoms with E-state index in [2.05, 4.69) is 28.5 Å². The van der Waals surface area contributed by atoms with E-state index in [1.807, 2.05) is 41.8 Å². The number of aromatic nitrogens is 2. The summed E-state index contributed by atoms with van der Waals surface area (Å²) in [5, 5.41) is 21.8. The van der Waals surface area contributed by atoms with Crippen LogP contribution in [0.2, 0.25) is 0 Å². The van der Waals surface area contributed by atoms with Gasteiger partial charge in [-0.15, -0.1) is 21.5 Å². The molecular weight excluding hydrogens is 374 g/mol. The van der Waals surface area contributed by atoms with Crippen LogP contribution in [0.5, 0.6) is 0 Å². The lowest BCUT2D eigenvalue weighted by Crippen LogP contribution is -3.11. The van der Waals surface area contributed by atoms with Crippen LogP contribution in [0.1, 0.15) is 24.8 Å². The predicted molar refractivity (Wildman–Crippen MR) is 107 cm³/mol. The zero-order valence-electron chi connectivity index (χ0n) is 15.6. The van der Waals surface area contributed by atoms with Crippen molar-refractivity contribution in [3.8, 4) is 16.8 Å². The van der Waals surface area contributed by atoms with Crippen molar-refractivity contribution in [3.63, 3.8) is 0 Å². The molecule has 28 heavy (non-hydrogen) atoms. The molecule has 0 spiro atoms. The number of anilines is 1. The van der Waals surface area contributed by atoms with Gasteiger partial charge in [0.15, 0.2) is 13.1 Å². The van der Waals surface area contributed by atoms with Crippen LogP contribution in [0.3, 0.4) is 0 Å². The van der Waals surface area contributed by atoms with Gasteiger partial charge in [-0.2, -0.15) is 5.26 Å². The minimum absolute atomic E-state index is 0.0746. The molecule has 1 aromatic carbocycles. The third kappa shape index (κ3) is 5.49. The minimum Gasteiger partial charge on any atom is -0.414 e. The topological polar surface area (TPSA) is 96.2 Å². The first-order valence-corrected chi connectivity index (χ1v) is 10.0. The Bertz CT molecular complexity index is 928. The molecule has 0 radical (unpaired) electrons. The third-order valence-electron chi connectivity index (χ3n) is 4.14. The van der Waals surface area contributed by atoms with Crippen LogP contribution in [-0.4, -0.2) is 29.2 Å². The van der Waals surface area contributed by atoms with E-state index in [9.17, 15) is 4.79 Å². The Morgan fingerprint density at radius 1 is 1.29 bits per heavy atom. The number of quaternary nitrogens is 1. The van der Waals surface area contributed by atoms with Crippen molar-refractivity contribution in [2.24, 2.45) is 0 Å². The molecule has 0 aliphatic rings. The van der Waals surface area contributed by atoms with Gasteiger partial charge in [-0.3, -0.25) is 4.79 Å². The van der Waals surface area contributed by atoms with Gasteiger partial charge >= 0.3 is 0 Å². The van der Waals surface area contributed by atoms with Gasteiger partial charge in [-0.05, 0) is 35.6 Å². The molecule has 8 heteroatoms. The normalized spacial score (nSPS) is 11.7. The van der Waals surface area contributed by atoms with Gasteiger partial charge in [0, 0.05) is 5.69 Å². The van der Waals surface area contributed by atoms with Crippen molar-refractivity contribution in [2.45, 2.75) is 26.3 Å². The Labute approximate surface area is 167 Å². The first kappa shape index (κ1) is 19.7. The van der Waals surface area contributed by atoms with E-state index in [-0.39, 0.29) is 5.91 Å². The fourth-order valence-electron chi connectivity index (χ4n) is 2.86. The molecule has 1 atom stereocenters. The highest BCUT2D eigenvalue weighted by atomic mass is 32.1. The summed E-state index contributed by atoms with van der Waals surface area (Å²) in [5.41, 5.74) is 1.65. The van der Waals surface area contributed by atoms with E-state index in [0.29, 0.717) is 31.3 Å². The number of thiophene rings is 1. The Kier molecular flexibility index (Phi) is 6.89. The van der Waals surface area contributed by atoms with Gasteiger partial charge in [0.2, 0.25) is 0 Å². The molecule has 0 bridgehead atoms. The molecule has 0 saturated carbocycles. The van der Waals surface area contributed by atoms with E-state index in [0.717, 1.165) is 34.0 Å². The van der Waals surface area contributed by atoms with Gasteiger partial charge in [0.1, 0.15) is 0 Å². The first-order valence-electron chi connectivity index (χ1n) is 9.13. The monoisotopic (exact) mass is 396 g/mol. The number of carbonyl (C=O) groups is 1. The summed E-state index contributed by atoms with van der Waals surface area (Å²) < 4.78 is 5.75. The fraction of sp³-hybridized carbons (Fsp3) is 0.300. The Morgan fingerprint density at radius 2 is 2.11 bits per heavy atom. The van der Waals surface area contributed by atoms with Crippen LogP contribution in [0.15, 0.2) is 46.2 Å². The Morgan fingerprint density at radius 3 is 2.79 bits per heavy atom. The highest BCUT2D eigenvalue weighted by molar-refractivity contribution is 7.13. The number of amides is 1. The maximum atomic E-state index is 12.4. The Hall–Kier alpha value is -3.02. The summed E-state index contributed by atoms with van der Waals surface area (Å²) >= 11 is 1.55. The molecule has 2 aromatic heterocycles. The summed E-state index contributed by atoms with van der Waals surface area (Å²) in [5.74, 6) is 0.970. The zero-order valence-corrected chi connectivity index (χ0v) is 16.5. The van der Waals surface area contributed by atoms with E-state index in [1.54, 1.807) is 11.3 Å². The minimum atomic E-state index is -0.0746. The summed E-state index contributed by atoms with van der Waals surface area (Å²) in [6, 6.07) is 13.3. The average molecular weight is 396 g/mol. The Balaban J connectivity index is 1.57. The summed E-state index contributed by atoms with van der Waals surface area (Å²) in [4.78, 5) is 14.4. The van der Waals surface area contributed by atoms with Crippen molar-refractivity contribution in [1.29, 1.82) is 5.26 Å². The molecule has 0 fully saturated rings. The first-order chi connectivity index (χ1) is 13.7. The van der Waals surface area contributed by atoms with Gasteiger partial charge in [-0.1, -0.05) is 25.1 Å². The van der Waals surface area contributed by atoms with Crippen LogP contribution in [0.4, 0.5) is 5.69 Å². The maximum absolute atomic E-state index is 12.4. The number of nitriles is 1. The smallest absolute Gasteiger partial charge is 0.279 e. The van der Waals surface area contributed by atoms with Crippen LogP contribution >= 0.6 is 11.3 Å². The number of nitrogens with zero attached hydrogens (tertiary/aromatic N) is 3. The molecule has 3 rings (SSSR count). The lowest BCUT2D eigenvalue weighted by atomic mass is 10.1. The number of hydrogen-bond acceptors (Lipinski definition) is 6. The van der Waals surface area contributed by atoms with E-state index < -0.39 is 0 Å². The van der Waals surface area contributed by atoms with Gasteiger partial charge in [0.05, 0.1) is 23.9 Å². The standard InChI is InChI=1S/C20H21N5O2S/c1-2-11-25(14-19-23-24-20(27-19)17-4-3-12-28-17)13-18(26)22-16-7-5-15(6-8-16)9-10-21/h3-8,12H,2,9,11,13-14H2,1H3,(H,22,26)/p+1. The highest BCUT2D eigenvalue weighted by Crippen LogP contribution is 2.22. The van der Waals surface area contributed by atoms with E-state index in [4.69, 9.17) is 9.68 Å². The SMILES string of the molecule is CCC[NH+](CC(=O)Nc1ccc(CC#N)cc1)Cc1nnc(-c2cccs2)o1. The lowest BCUT2D eigenvalue weighted by molar-refractivity contribution is -0.907. The second kappa shape index (κ2) is 9.78. The van der Waals surface area contributed by atoms with Crippen molar-refractivity contribution < 1.29 is 14.1 Å². The largest absolute Gasteiger partial charge is 0.414 e. The summed E-state index contributed by atoms with van der Waals surface area (Å²) in [6.07, 6.45) is 1.30. The molecule has 0 aliphatic carbocycles. The van der Waals surface area contributed by atoms with Gasteiger partial charge < -0.3 is 14.6 Å².